The quantitative estimate of drug-likeness (QED) is 0.401. The van der Waals surface area contributed by atoms with Gasteiger partial charge in [0.1, 0.15) is 11.6 Å². The third-order valence-corrected chi connectivity index (χ3v) is 4.45. The first kappa shape index (κ1) is 19.0. The van der Waals surface area contributed by atoms with Gasteiger partial charge in [0.05, 0.1) is 13.5 Å². The van der Waals surface area contributed by atoms with Crippen molar-refractivity contribution in [2.45, 2.75) is 24.3 Å². The molecule has 25 heavy (non-hydrogen) atoms. The first-order valence-corrected chi connectivity index (χ1v) is 8.74. The lowest BCUT2D eigenvalue weighted by Crippen LogP contribution is -2.24. The van der Waals surface area contributed by atoms with Crippen molar-refractivity contribution in [3.8, 4) is 5.75 Å². The molecule has 2 aromatic carbocycles. The first-order chi connectivity index (χ1) is 12.0. The fourth-order valence-corrected chi connectivity index (χ4v) is 2.92. The second-order valence-electron chi connectivity index (χ2n) is 5.28. The summed E-state index contributed by atoms with van der Waals surface area (Å²) in [4.78, 5) is 25.0. The van der Waals surface area contributed by atoms with Gasteiger partial charge in [-0.3, -0.25) is 9.59 Å². The van der Waals surface area contributed by atoms with E-state index in [-0.39, 0.29) is 18.0 Å². The van der Waals surface area contributed by atoms with Gasteiger partial charge in [-0.05, 0) is 55.5 Å². The molecule has 0 heterocycles. The molecule has 0 spiro atoms. The molecular weight excluding hydrogens is 343 g/mol. The zero-order valence-electron chi connectivity index (χ0n) is 14.0. The number of halogens is 1. The lowest BCUT2D eigenvalue weighted by Gasteiger charge is -2.12. The number of carbonyl (C=O) groups excluding carboxylic acids is 2. The van der Waals surface area contributed by atoms with Crippen molar-refractivity contribution in [2.24, 2.45) is 0 Å². The van der Waals surface area contributed by atoms with Gasteiger partial charge in [-0.15, -0.1) is 11.8 Å². The minimum absolute atomic E-state index is 0.169. The summed E-state index contributed by atoms with van der Waals surface area (Å²) >= 11 is 1.43. The van der Waals surface area contributed by atoms with Crippen molar-refractivity contribution >= 4 is 23.5 Å². The summed E-state index contributed by atoms with van der Waals surface area (Å²) in [6.07, 6.45) is -0.681. The summed E-state index contributed by atoms with van der Waals surface area (Å²) < 4.78 is 23.0. The lowest BCUT2D eigenvalue weighted by molar-refractivity contribution is -0.145. The average molecular weight is 362 g/mol. The third kappa shape index (κ3) is 5.90. The van der Waals surface area contributed by atoms with Crippen molar-refractivity contribution in [3.05, 3.63) is 59.9 Å². The lowest BCUT2D eigenvalue weighted by atomic mass is 10.1. The van der Waals surface area contributed by atoms with Crippen LogP contribution < -0.4 is 4.74 Å². The van der Waals surface area contributed by atoms with Crippen LogP contribution in [0.25, 0.3) is 0 Å². The van der Waals surface area contributed by atoms with E-state index >= 15 is 0 Å². The van der Waals surface area contributed by atoms with E-state index in [2.05, 4.69) is 0 Å². The zero-order valence-corrected chi connectivity index (χ0v) is 14.8. The van der Waals surface area contributed by atoms with Gasteiger partial charge in [0.15, 0.2) is 6.10 Å². The number of carbonyl (C=O) groups is 2. The van der Waals surface area contributed by atoms with Crippen molar-refractivity contribution in [1.82, 2.24) is 0 Å². The highest BCUT2D eigenvalue weighted by Gasteiger charge is 2.19. The molecule has 0 aliphatic carbocycles. The molecule has 0 aliphatic heterocycles. The summed E-state index contributed by atoms with van der Waals surface area (Å²) in [6.45, 7) is 1.55. The van der Waals surface area contributed by atoms with E-state index < -0.39 is 12.1 Å². The topological polar surface area (TPSA) is 52.6 Å². The first-order valence-electron chi connectivity index (χ1n) is 7.75. The van der Waals surface area contributed by atoms with Gasteiger partial charge in [-0.1, -0.05) is 0 Å². The predicted octanol–water partition coefficient (Wildman–Crippen LogP) is 4.13. The molecule has 0 amide bonds. The monoisotopic (exact) mass is 362 g/mol. The Morgan fingerprint density at radius 1 is 1.08 bits per heavy atom. The van der Waals surface area contributed by atoms with Gasteiger partial charge >= 0.3 is 5.97 Å². The van der Waals surface area contributed by atoms with Gasteiger partial charge in [-0.25, -0.2) is 4.39 Å². The molecular formula is C19H19FO4S. The van der Waals surface area contributed by atoms with Crippen molar-refractivity contribution < 1.29 is 23.5 Å². The Hall–Kier alpha value is -2.34. The molecule has 2 aromatic rings. The Labute approximate surface area is 150 Å². The molecule has 1 atom stereocenters. The number of benzene rings is 2. The third-order valence-electron chi connectivity index (χ3n) is 3.44. The molecule has 2 rings (SSSR count). The van der Waals surface area contributed by atoms with Gasteiger partial charge in [0.2, 0.25) is 5.78 Å². The molecule has 132 valence electrons. The van der Waals surface area contributed by atoms with Crippen LogP contribution in [-0.4, -0.2) is 30.7 Å². The predicted molar refractivity (Wildman–Crippen MR) is 94.6 cm³/mol. The Morgan fingerprint density at radius 2 is 1.72 bits per heavy atom. The number of ether oxygens (including phenoxy) is 2. The van der Waals surface area contributed by atoms with E-state index in [9.17, 15) is 14.0 Å². The van der Waals surface area contributed by atoms with Crippen LogP contribution in [0.15, 0.2) is 53.4 Å². The molecule has 1 unspecified atom stereocenters. The van der Waals surface area contributed by atoms with E-state index in [0.29, 0.717) is 17.1 Å². The normalized spacial score (nSPS) is 11.6. The average Bonchev–Trinajstić information content (AvgIpc) is 2.62. The van der Waals surface area contributed by atoms with E-state index in [1.54, 1.807) is 50.4 Å². The molecule has 0 N–H and O–H groups in total. The maximum atomic E-state index is 12.8. The molecule has 0 bridgehead atoms. The van der Waals surface area contributed by atoms with Crippen molar-refractivity contribution in [2.75, 3.05) is 12.9 Å². The highest BCUT2D eigenvalue weighted by atomic mass is 32.2. The summed E-state index contributed by atoms with van der Waals surface area (Å²) in [5, 5.41) is 0. The van der Waals surface area contributed by atoms with E-state index in [1.807, 2.05) is 0 Å². The van der Waals surface area contributed by atoms with Crippen LogP contribution in [0.2, 0.25) is 0 Å². The van der Waals surface area contributed by atoms with Gasteiger partial charge in [-0.2, -0.15) is 0 Å². The maximum Gasteiger partial charge on any atom is 0.307 e. The van der Waals surface area contributed by atoms with Crippen LogP contribution in [0.5, 0.6) is 5.75 Å². The number of methoxy groups -OCH3 is 1. The SMILES string of the molecule is COc1ccc(C(=O)C(C)OC(=O)CCSc2ccc(F)cc2)cc1. The van der Waals surface area contributed by atoms with E-state index in [0.717, 1.165) is 4.90 Å². The molecule has 0 aromatic heterocycles. The minimum atomic E-state index is -0.850. The smallest absolute Gasteiger partial charge is 0.307 e. The standard InChI is InChI=1S/C19H19FO4S/c1-13(19(22)14-3-7-16(23-2)8-4-14)24-18(21)11-12-25-17-9-5-15(20)6-10-17/h3-10,13H,11-12H2,1-2H3. The van der Waals surface area contributed by atoms with Crippen molar-refractivity contribution in [3.63, 3.8) is 0 Å². The molecule has 0 fully saturated rings. The van der Waals surface area contributed by atoms with Crippen LogP contribution in [-0.2, 0) is 9.53 Å². The minimum Gasteiger partial charge on any atom is -0.497 e. The maximum absolute atomic E-state index is 12.8. The van der Waals surface area contributed by atoms with Crippen LogP contribution in [0, 0.1) is 5.82 Å². The summed E-state index contributed by atoms with van der Waals surface area (Å²) in [7, 11) is 1.55. The molecule has 0 saturated carbocycles. The molecule has 4 nitrogen and oxygen atoms in total. The van der Waals surface area contributed by atoms with E-state index in [4.69, 9.17) is 9.47 Å². The molecule has 0 saturated heterocycles. The fraction of sp³-hybridized carbons (Fsp3) is 0.263. The Morgan fingerprint density at radius 3 is 2.32 bits per heavy atom. The van der Waals surface area contributed by atoms with Gasteiger partial charge in [0.25, 0.3) is 0 Å². The Balaban J connectivity index is 1.78. The van der Waals surface area contributed by atoms with Crippen LogP contribution >= 0.6 is 11.8 Å². The van der Waals surface area contributed by atoms with Crippen molar-refractivity contribution in [1.29, 1.82) is 0 Å². The van der Waals surface area contributed by atoms with Crippen LogP contribution in [0.4, 0.5) is 4.39 Å². The number of esters is 1. The molecule has 0 radical (unpaired) electrons. The Kier molecular flexibility index (Phi) is 7.01. The van der Waals surface area contributed by atoms with Crippen LogP contribution in [0.3, 0.4) is 0 Å². The fourth-order valence-electron chi connectivity index (χ4n) is 2.08. The highest BCUT2D eigenvalue weighted by molar-refractivity contribution is 7.99. The molecule has 6 heteroatoms. The highest BCUT2D eigenvalue weighted by Crippen LogP contribution is 2.19. The second-order valence-corrected chi connectivity index (χ2v) is 6.45. The number of ketones is 1. The zero-order chi connectivity index (χ0) is 18.2. The molecule has 0 aliphatic rings. The number of hydrogen-bond acceptors (Lipinski definition) is 5. The Bertz CT molecular complexity index is 713. The van der Waals surface area contributed by atoms with Gasteiger partial charge < -0.3 is 9.47 Å². The number of rotatable bonds is 8. The number of hydrogen-bond donors (Lipinski definition) is 0. The second kappa shape index (κ2) is 9.22. The largest absolute Gasteiger partial charge is 0.497 e. The number of thioether (sulfide) groups is 1. The summed E-state index contributed by atoms with van der Waals surface area (Å²) in [6, 6.07) is 12.7. The summed E-state index contributed by atoms with van der Waals surface area (Å²) in [5.74, 6) is 0.147. The van der Waals surface area contributed by atoms with E-state index in [1.165, 1.54) is 23.9 Å². The summed E-state index contributed by atoms with van der Waals surface area (Å²) in [5.41, 5.74) is 0.460. The number of Topliss-reactive ketones (excluding diaryl/α,β-unsaturated/α-hetero) is 1. The van der Waals surface area contributed by atoms with Gasteiger partial charge in [0, 0.05) is 16.2 Å². The van der Waals surface area contributed by atoms with Crippen LogP contribution in [0.1, 0.15) is 23.7 Å².